The number of hydrogen-bond acceptors (Lipinski definition) is 2. The highest BCUT2D eigenvalue weighted by atomic mass is 15.2. The lowest BCUT2D eigenvalue weighted by atomic mass is 9.85. The fraction of sp³-hybridized carbons (Fsp3) is 0.714. The summed E-state index contributed by atoms with van der Waals surface area (Å²) in [7, 11) is 0. The van der Waals surface area contributed by atoms with Crippen LogP contribution in [0.2, 0.25) is 0 Å². The fourth-order valence-corrected chi connectivity index (χ4v) is 2.58. The average Bonchev–Trinajstić information content (AvgIpc) is 2.79. The number of nitrogens with zero attached hydrogens (tertiary/aromatic N) is 1. The van der Waals surface area contributed by atoms with Gasteiger partial charge < -0.3 is 10.3 Å². The van der Waals surface area contributed by atoms with Crippen LogP contribution >= 0.6 is 0 Å². The van der Waals surface area contributed by atoms with Gasteiger partial charge in [-0.25, -0.2) is 0 Å². The van der Waals surface area contributed by atoms with Crippen molar-refractivity contribution in [1.82, 2.24) is 15.2 Å². The Labute approximate surface area is 105 Å². The van der Waals surface area contributed by atoms with Crippen LogP contribution in [0.15, 0.2) is 18.5 Å². The molecule has 96 valence electrons. The van der Waals surface area contributed by atoms with Crippen LogP contribution in [0.3, 0.4) is 0 Å². The van der Waals surface area contributed by atoms with Gasteiger partial charge in [0.1, 0.15) is 0 Å². The number of nitrogens with one attached hydrogen (secondary N) is 2. The molecule has 3 nitrogen and oxygen atoms in total. The van der Waals surface area contributed by atoms with Crippen molar-refractivity contribution in [2.45, 2.75) is 33.2 Å². The van der Waals surface area contributed by atoms with E-state index in [0.29, 0.717) is 11.5 Å². The molecule has 1 saturated heterocycles. The standard InChI is InChI=1S/C14H25N3/c1-14(2,3)10-13(12-4-5-16-11-12)17-8-6-15-7-9-17/h4-5,11,13,15-16H,6-10H2,1-3H3. The van der Waals surface area contributed by atoms with Gasteiger partial charge in [-0.05, 0) is 23.5 Å². The SMILES string of the molecule is CC(C)(C)CC(c1cc[nH]c1)N1CCNCC1. The highest BCUT2D eigenvalue weighted by Crippen LogP contribution is 2.33. The summed E-state index contributed by atoms with van der Waals surface area (Å²) in [4.78, 5) is 5.81. The third-order valence-electron chi connectivity index (χ3n) is 3.40. The molecule has 0 radical (unpaired) electrons. The molecule has 2 rings (SSSR count). The van der Waals surface area contributed by atoms with Gasteiger partial charge in [0.25, 0.3) is 0 Å². The Balaban J connectivity index is 2.12. The minimum Gasteiger partial charge on any atom is -0.367 e. The Hall–Kier alpha value is -0.800. The van der Waals surface area contributed by atoms with Crippen molar-refractivity contribution in [2.24, 2.45) is 5.41 Å². The Morgan fingerprint density at radius 3 is 2.53 bits per heavy atom. The zero-order valence-electron chi connectivity index (χ0n) is 11.3. The highest BCUT2D eigenvalue weighted by molar-refractivity contribution is 5.15. The third-order valence-corrected chi connectivity index (χ3v) is 3.40. The molecule has 3 heteroatoms. The zero-order chi connectivity index (χ0) is 12.3. The van der Waals surface area contributed by atoms with E-state index in [-0.39, 0.29) is 0 Å². The van der Waals surface area contributed by atoms with Gasteiger partial charge >= 0.3 is 0 Å². The van der Waals surface area contributed by atoms with Gasteiger partial charge in [-0.15, -0.1) is 0 Å². The lowest BCUT2D eigenvalue weighted by Crippen LogP contribution is -2.45. The first kappa shape index (κ1) is 12.7. The van der Waals surface area contributed by atoms with Crippen molar-refractivity contribution in [3.8, 4) is 0 Å². The van der Waals surface area contributed by atoms with Gasteiger partial charge in [0.05, 0.1) is 0 Å². The molecule has 1 atom stereocenters. The molecule has 1 aromatic heterocycles. The lowest BCUT2D eigenvalue weighted by molar-refractivity contribution is 0.132. The molecule has 0 spiro atoms. The molecule has 1 aromatic rings. The summed E-state index contributed by atoms with van der Waals surface area (Å²) >= 11 is 0. The summed E-state index contributed by atoms with van der Waals surface area (Å²) in [5.74, 6) is 0. The van der Waals surface area contributed by atoms with E-state index in [1.54, 1.807) is 0 Å². The van der Waals surface area contributed by atoms with Crippen LogP contribution in [0, 0.1) is 5.41 Å². The van der Waals surface area contributed by atoms with Gasteiger partial charge in [0.15, 0.2) is 0 Å². The van der Waals surface area contributed by atoms with E-state index >= 15 is 0 Å². The van der Waals surface area contributed by atoms with Crippen molar-refractivity contribution < 1.29 is 0 Å². The third kappa shape index (κ3) is 3.58. The maximum absolute atomic E-state index is 3.43. The second-order valence-electron chi connectivity index (χ2n) is 6.21. The van der Waals surface area contributed by atoms with Gasteiger partial charge in [-0.2, -0.15) is 0 Å². The number of H-pyrrole nitrogens is 1. The van der Waals surface area contributed by atoms with Gasteiger partial charge in [-0.1, -0.05) is 20.8 Å². The van der Waals surface area contributed by atoms with Crippen LogP contribution < -0.4 is 5.32 Å². The van der Waals surface area contributed by atoms with E-state index in [1.165, 1.54) is 12.0 Å². The monoisotopic (exact) mass is 235 g/mol. The van der Waals surface area contributed by atoms with Crippen LogP contribution in [0.4, 0.5) is 0 Å². The molecule has 0 aromatic carbocycles. The predicted octanol–water partition coefficient (Wildman–Crippen LogP) is 2.40. The largest absolute Gasteiger partial charge is 0.367 e. The summed E-state index contributed by atoms with van der Waals surface area (Å²) < 4.78 is 0. The summed E-state index contributed by atoms with van der Waals surface area (Å²) in [6, 6.07) is 2.78. The number of rotatable bonds is 3. The van der Waals surface area contributed by atoms with E-state index in [2.05, 4.69) is 48.2 Å². The molecule has 1 aliphatic rings. The van der Waals surface area contributed by atoms with Crippen molar-refractivity contribution in [3.05, 3.63) is 24.0 Å². The van der Waals surface area contributed by atoms with E-state index in [1.807, 2.05) is 6.20 Å². The minimum absolute atomic E-state index is 0.368. The molecule has 1 aliphatic heterocycles. The molecular formula is C14H25N3. The van der Waals surface area contributed by atoms with Gasteiger partial charge in [0.2, 0.25) is 0 Å². The molecule has 1 unspecified atom stereocenters. The molecule has 17 heavy (non-hydrogen) atoms. The quantitative estimate of drug-likeness (QED) is 0.843. The van der Waals surface area contributed by atoms with Crippen LogP contribution in [0.25, 0.3) is 0 Å². The second-order valence-corrected chi connectivity index (χ2v) is 6.21. The molecule has 0 amide bonds. The van der Waals surface area contributed by atoms with Crippen molar-refractivity contribution in [2.75, 3.05) is 26.2 Å². The zero-order valence-corrected chi connectivity index (χ0v) is 11.3. The summed E-state index contributed by atoms with van der Waals surface area (Å²) in [6.45, 7) is 11.5. The van der Waals surface area contributed by atoms with Crippen molar-refractivity contribution in [1.29, 1.82) is 0 Å². The van der Waals surface area contributed by atoms with Gasteiger partial charge in [-0.3, -0.25) is 4.90 Å². The minimum atomic E-state index is 0.368. The highest BCUT2D eigenvalue weighted by Gasteiger charge is 2.26. The lowest BCUT2D eigenvalue weighted by Gasteiger charge is -2.38. The smallest absolute Gasteiger partial charge is 0.0369 e. The first-order valence-electron chi connectivity index (χ1n) is 6.64. The molecule has 0 saturated carbocycles. The van der Waals surface area contributed by atoms with Crippen LogP contribution in [0.1, 0.15) is 38.8 Å². The summed E-state index contributed by atoms with van der Waals surface area (Å²) in [5, 5.41) is 3.43. The van der Waals surface area contributed by atoms with E-state index < -0.39 is 0 Å². The number of aromatic nitrogens is 1. The summed E-state index contributed by atoms with van der Waals surface area (Å²) in [5.41, 5.74) is 1.80. The second kappa shape index (κ2) is 5.23. The molecule has 1 fully saturated rings. The van der Waals surface area contributed by atoms with Crippen LogP contribution in [0.5, 0.6) is 0 Å². The molecule has 2 N–H and O–H groups in total. The van der Waals surface area contributed by atoms with E-state index in [4.69, 9.17) is 0 Å². The maximum Gasteiger partial charge on any atom is 0.0369 e. The van der Waals surface area contributed by atoms with Crippen LogP contribution in [-0.2, 0) is 0 Å². The number of aromatic amines is 1. The Kier molecular flexibility index (Phi) is 3.89. The Morgan fingerprint density at radius 2 is 2.00 bits per heavy atom. The first-order valence-corrected chi connectivity index (χ1v) is 6.64. The van der Waals surface area contributed by atoms with Crippen LogP contribution in [-0.4, -0.2) is 36.1 Å². The number of hydrogen-bond donors (Lipinski definition) is 2. The predicted molar refractivity (Wildman–Crippen MR) is 72.0 cm³/mol. The first-order chi connectivity index (χ1) is 8.06. The maximum atomic E-state index is 3.43. The molecule has 2 heterocycles. The normalized spacial score (nSPS) is 20.4. The van der Waals surface area contributed by atoms with E-state index in [0.717, 1.165) is 26.2 Å². The Morgan fingerprint density at radius 1 is 1.29 bits per heavy atom. The van der Waals surface area contributed by atoms with Crippen molar-refractivity contribution >= 4 is 0 Å². The molecule has 0 aliphatic carbocycles. The topological polar surface area (TPSA) is 31.1 Å². The average molecular weight is 235 g/mol. The summed E-state index contributed by atoms with van der Waals surface area (Å²) in [6.07, 6.45) is 5.40. The molecular weight excluding hydrogens is 210 g/mol. The van der Waals surface area contributed by atoms with Gasteiger partial charge in [0, 0.05) is 44.6 Å². The van der Waals surface area contributed by atoms with Crippen molar-refractivity contribution in [3.63, 3.8) is 0 Å². The number of piperazine rings is 1. The Bertz CT molecular complexity index is 318. The molecule has 0 bridgehead atoms. The van der Waals surface area contributed by atoms with E-state index in [9.17, 15) is 0 Å². The fourth-order valence-electron chi connectivity index (χ4n) is 2.58.